The molecule has 0 aliphatic carbocycles. The Morgan fingerprint density at radius 2 is 1.63 bits per heavy atom. The van der Waals surface area contributed by atoms with Crippen LogP contribution >= 0.6 is 0 Å². The minimum atomic E-state index is -3.78. The summed E-state index contributed by atoms with van der Waals surface area (Å²) in [5.74, 6) is -4.29. The number of sulfonamides is 2. The number of benzene rings is 1. The molecule has 0 radical (unpaired) electrons. The molecule has 0 saturated carbocycles. The van der Waals surface area contributed by atoms with E-state index >= 15 is 0 Å². The molecule has 1 aromatic rings. The molecule has 4 atom stereocenters. The van der Waals surface area contributed by atoms with E-state index in [2.05, 4.69) is 9.44 Å². The van der Waals surface area contributed by atoms with Crippen LogP contribution in [-0.2, 0) is 37.8 Å². The Balaban J connectivity index is 1.77. The van der Waals surface area contributed by atoms with Gasteiger partial charge >= 0.3 is 0 Å². The van der Waals surface area contributed by atoms with Crippen LogP contribution in [0.1, 0.15) is 52.0 Å². The van der Waals surface area contributed by atoms with Crippen molar-refractivity contribution in [3.05, 3.63) is 35.1 Å². The first-order valence-electron chi connectivity index (χ1n) is 12.5. The van der Waals surface area contributed by atoms with Crippen LogP contribution < -0.4 is 15.2 Å². The van der Waals surface area contributed by atoms with Crippen molar-refractivity contribution in [1.82, 2.24) is 13.7 Å². The molecule has 218 valence electrons. The van der Waals surface area contributed by atoms with Crippen molar-refractivity contribution in [2.24, 2.45) is 11.7 Å². The second-order valence-electron chi connectivity index (χ2n) is 10.9. The molecule has 2 bridgehead atoms. The SMILES string of the molecule is CC(C)(C)[S+]([O-])N[C@H](Cc1cc(F)c(F)cc1F)C1CC2CCC(C1)N2S(=O)(=O)CCNS(=O)(=O)CCN. The summed E-state index contributed by atoms with van der Waals surface area (Å²) in [6, 6.07) is 0.00567. The fourth-order valence-corrected chi connectivity index (χ4v) is 8.96. The highest BCUT2D eigenvalue weighted by molar-refractivity contribution is 7.91. The van der Waals surface area contributed by atoms with E-state index in [0.29, 0.717) is 31.7 Å². The Labute approximate surface area is 226 Å². The zero-order valence-electron chi connectivity index (χ0n) is 21.8. The fourth-order valence-electron chi connectivity index (χ4n) is 5.19. The molecule has 2 saturated heterocycles. The molecule has 0 amide bonds. The van der Waals surface area contributed by atoms with E-state index in [4.69, 9.17) is 5.73 Å². The van der Waals surface area contributed by atoms with Crippen molar-refractivity contribution in [3.63, 3.8) is 0 Å². The van der Waals surface area contributed by atoms with E-state index in [-0.39, 0.29) is 48.8 Å². The molecule has 9 nitrogen and oxygen atoms in total. The summed E-state index contributed by atoms with van der Waals surface area (Å²) in [5.41, 5.74) is 5.21. The zero-order chi connectivity index (χ0) is 28.5. The summed E-state index contributed by atoms with van der Waals surface area (Å²) in [6.07, 6.45) is 1.96. The molecule has 2 fully saturated rings. The Morgan fingerprint density at radius 1 is 1.05 bits per heavy atom. The smallest absolute Gasteiger partial charge is 0.215 e. The van der Waals surface area contributed by atoms with Gasteiger partial charge in [0, 0.05) is 42.6 Å². The lowest BCUT2D eigenvalue weighted by molar-refractivity contribution is 0.165. The number of hydrogen-bond donors (Lipinski definition) is 3. The minimum Gasteiger partial charge on any atom is -0.598 e. The highest BCUT2D eigenvalue weighted by Gasteiger charge is 2.49. The average Bonchev–Trinajstić information content (AvgIpc) is 3.07. The van der Waals surface area contributed by atoms with Crippen LogP contribution in [0.15, 0.2) is 12.1 Å². The van der Waals surface area contributed by atoms with E-state index < -0.39 is 65.4 Å². The normalized spacial score (nSPS) is 24.5. The van der Waals surface area contributed by atoms with Crippen LogP contribution in [0.4, 0.5) is 13.2 Å². The zero-order valence-corrected chi connectivity index (χ0v) is 24.2. The summed E-state index contributed by atoms with van der Waals surface area (Å²) < 4.78 is 111. The first-order chi connectivity index (χ1) is 17.5. The van der Waals surface area contributed by atoms with Crippen molar-refractivity contribution in [3.8, 4) is 0 Å². The quantitative estimate of drug-likeness (QED) is 0.243. The molecule has 2 heterocycles. The third kappa shape index (κ3) is 7.83. The van der Waals surface area contributed by atoms with Gasteiger partial charge in [-0.2, -0.15) is 4.31 Å². The maximum Gasteiger partial charge on any atom is 0.215 e. The third-order valence-corrected chi connectivity index (χ3v) is 12.0. The Bertz CT molecular complexity index is 1180. The average molecular weight is 603 g/mol. The Kier molecular flexibility index (Phi) is 10.2. The first-order valence-corrected chi connectivity index (χ1v) is 17.0. The van der Waals surface area contributed by atoms with Gasteiger partial charge in [0.25, 0.3) is 0 Å². The lowest BCUT2D eigenvalue weighted by Gasteiger charge is -2.41. The number of fused-ring (bicyclic) bond motifs is 2. The van der Waals surface area contributed by atoms with Gasteiger partial charge in [-0.05, 0) is 70.4 Å². The summed E-state index contributed by atoms with van der Waals surface area (Å²) in [5, 5.41) is 0. The molecule has 38 heavy (non-hydrogen) atoms. The number of hydrogen-bond acceptors (Lipinski definition) is 7. The molecule has 4 N–H and O–H groups in total. The molecular weight excluding hydrogens is 565 g/mol. The maximum absolute atomic E-state index is 14.5. The second-order valence-corrected chi connectivity index (χ2v) is 16.8. The lowest BCUT2D eigenvalue weighted by Crippen LogP contribution is -2.54. The molecule has 1 aromatic carbocycles. The van der Waals surface area contributed by atoms with Crippen molar-refractivity contribution < 1.29 is 34.6 Å². The Hall–Kier alpha value is -0.940. The van der Waals surface area contributed by atoms with Crippen LogP contribution in [0.3, 0.4) is 0 Å². The van der Waals surface area contributed by atoms with Gasteiger partial charge in [0.2, 0.25) is 20.0 Å². The highest BCUT2D eigenvalue weighted by atomic mass is 32.2. The molecule has 2 aliphatic rings. The van der Waals surface area contributed by atoms with Gasteiger partial charge in [-0.15, -0.1) is 4.72 Å². The van der Waals surface area contributed by atoms with Crippen LogP contribution in [0, 0.1) is 23.4 Å². The van der Waals surface area contributed by atoms with Gasteiger partial charge in [-0.1, -0.05) is 0 Å². The van der Waals surface area contributed by atoms with E-state index in [1.807, 2.05) is 0 Å². The first kappa shape index (κ1) is 31.6. The number of rotatable bonds is 12. The van der Waals surface area contributed by atoms with Crippen LogP contribution in [-0.4, -0.2) is 73.2 Å². The number of halogens is 3. The lowest BCUT2D eigenvalue weighted by atomic mass is 9.83. The van der Waals surface area contributed by atoms with Crippen LogP contribution in [0.2, 0.25) is 0 Å². The van der Waals surface area contributed by atoms with Crippen LogP contribution in [0.5, 0.6) is 0 Å². The molecule has 2 aliphatic heterocycles. The monoisotopic (exact) mass is 602 g/mol. The van der Waals surface area contributed by atoms with E-state index in [0.717, 1.165) is 6.07 Å². The molecule has 3 unspecified atom stereocenters. The third-order valence-electron chi connectivity index (χ3n) is 7.01. The van der Waals surface area contributed by atoms with Gasteiger partial charge in [0.1, 0.15) is 10.6 Å². The fraction of sp³-hybridized carbons (Fsp3) is 0.739. The summed E-state index contributed by atoms with van der Waals surface area (Å²) in [7, 11) is -7.44. The molecule has 0 spiro atoms. The molecular formula is C23H37F3N4O5S3. The van der Waals surface area contributed by atoms with E-state index in [9.17, 15) is 34.6 Å². The van der Waals surface area contributed by atoms with Crippen molar-refractivity contribution in [2.45, 2.75) is 75.7 Å². The molecule has 15 heteroatoms. The van der Waals surface area contributed by atoms with Gasteiger partial charge in [0.15, 0.2) is 11.6 Å². The number of nitrogens with two attached hydrogens (primary N) is 1. The highest BCUT2D eigenvalue weighted by Crippen LogP contribution is 2.42. The number of nitrogens with one attached hydrogen (secondary N) is 2. The maximum atomic E-state index is 14.5. The number of nitrogens with zero attached hydrogens (tertiary/aromatic N) is 1. The summed E-state index contributed by atoms with van der Waals surface area (Å²) >= 11 is -1.55. The molecule has 0 aromatic heterocycles. The summed E-state index contributed by atoms with van der Waals surface area (Å²) in [4.78, 5) is 0. The van der Waals surface area contributed by atoms with Gasteiger partial charge in [-0.25, -0.2) is 34.7 Å². The van der Waals surface area contributed by atoms with Gasteiger partial charge in [0.05, 0.1) is 17.5 Å². The van der Waals surface area contributed by atoms with Gasteiger partial charge < -0.3 is 10.3 Å². The van der Waals surface area contributed by atoms with Crippen molar-refractivity contribution >= 4 is 31.4 Å². The van der Waals surface area contributed by atoms with Crippen LogP contribution in [0.25, 0.3) is 0 Å². The summed E-state index contributed by atoms with van der Waals surface area (Å²) in [6.45, 7) is 4.96. The van der Waals surface area contributed by atoms with E-state index in [1.165, 1.54) is 4.31 Å². The second kappa shape index (κ2) is 12.3. The minimum absolute atomic E-state index is 0.0510. The Morgan fingerprint density at radius 3 is 2.18 bits per heavy atom. The molecule has 3 rings (SSSR count). The van der Waals surface area contributed by atoms with Crippen molar-refractivity contribution in [1.29, 1.82) is 0 Å². The van der Waals surface area contributed by atoms with Gasteiger partial charge in [-0.3, -0.25) is 0 Å². The number of piperidine rings is 1. The topological polar surface area (TPSA) is 145 Å². The van der Waals surface area contributed by atoms with E-state index in [1.54, 1.807) is 20.8 Å². The predicted molar refractivity (Wildman–Crippen MR) is 141 cm³/mol. The van der Waals surface area contributed by atoms with Crippen molar-refractivity contribution in [2.75, 3.05) is 24.6 Å². The standard InChI is InChI=1S/C23H37F3N4O5S3/c1-23(2,3)36(31)29-22(13-15-12-20(25)21(26)14-19(15)24)16-10-17-4-5-18(11-16)30(17)38(34,35)9-7-28-37(32,33)8-6-27/h12,14,16-18,22,28-29H,4-11,13,27H2,1-3H3/t16?,17?,18?,22-,36?/m1/s1. The predicted octanol–water partition coefficient (Wildman–Crippen LogP) is 1.52. The largest absolute Gasteiger partial charge is 0.598 e.